The minimum absolute atomic E-state index is 0.0232. The molecule has 3 aliphatic carbocycles. The van der Waals surface area contributed by atoms with E-state index in [1.807, 2.05) is 5.38 Å². The van der Waals surface area contributed by atoms with Gasteiger partial charge in [0.2, 0.25) is 5.91 Å². The second-order valence-electron chi connectivity index (χ2n) is 10.9. The Morgan fingerprint density at radius 1 is 1.00 bits per heavy atom. The highest BCUT2D eigenvalue weighted by atomic mass is 32.1. The average Bonchev–Trinajstić information content (AvgIpc) is 3.21. The maximum atomic E-state index is 12.9. The summed E-state index contributed by atoms with van der Waals surface area (Å²) in [5, 5.41) is 6.41. The molecule has 0 atom stereocenters. The zero-order valence-corrected chi connectivity index (χ0v) is 20.3. The van der Waals surface area contributed by atoms with Gasteiger partial charge in [-0.25, -0.2) is 4.98 Å². The number of hydrogen-bond donors (Lipinski definition) is 1. The first-order valence-corrected chi connectivity index (χ1v) is 14.1. The predicted molar refractivity (Wildman–Crippen MR) is 128 cm³/mol. The summed E-state index contributed by atoms with van der Waals surface area (Å²) >= 11 is 1.63. The Morgan fingerprint density at radius 2 is 1.69 bits per heavy atom. The van der Waals surface area contributed by atoms with Crippen molar-refractivity contribution in [3.05, 3.63) is 16.1 Å². The van der Waals surface area contributed by atoms with E-state index in [0.717, 1.165) is 62.5 Å². The van der Waals surface area contributed by atoms with Gasteiger partial charge in [-0.1, -0.05) is 44.9 Å². The van der Waals surface area contributed by atoms with E-state index in [4.69, 9.17) is 4.98 Å². The maximum Gasteiger partial charge on any atom is 0.271 e. The number of aromatic nitrogens is 1. The third-order valence-corrected chi connectivity index (χ3v) is 9.74. The molecule has 1 aromatic rings. The summed E-state index contributed by atoms with van der Waals surface area (Å²) in [7, 11) is 0. The van der Waals surface area contributed by atoms with Crippen LogP contribution < -0.4 is 5.32 Å². The van der Waals surface area contributed by atoms with E-state index >= 15 is 0 Å². The van der Waals surface area contributed by atoms with Crippen molar-refractivity contribution in [1.29, 1.82) is 0 Å². The van der Waals surface area contributed by atoms with Gasteiger partial charge in [0.25, 0.3) is 5.91 Å². The van der Waals surface area contributed by atoms with Crippen molar-refractivity contribution in [2.24, 2.45) is 11.8 Å². The number of thiazole rings is 1. The van der Waals surface area contributed by atoms with Crippen LogP contribution in [-0.2, 0) is 4.79 Å². The van der Waals surface area contributed by atoms with E-state index in [0.29, 0.717) is 23.4 Å². The van der Waals surface area contributed by atoms with Crippen LogP contribution in [0.2, 0.25) is 0 Å². The monoisotopic (exact) mass is 457 g/mol. The van der Waals surface area contributed by atoms with Crippen LogP contribution in [0.4, 0.5) is 0 Å². The highest BCUT2D eigenvalue weighted by Gasteiger charge is 2.50. The number of carbonyl (C=O) groups excluding carboxylic acids is 2. The Bertz CT molecular complexity index is 798. The lowest BCUT2D eigenvalue weighted by molar-refractivity contribution is -0.132. The summed E-state index contributed by atoms with van der Waals surface area (Å²) in [4.78, 5) is 32.4. The molecule has 5 nitrogen and oxygen atoms in total. The molecule has 0 radical (unpaired) electrons. The fraction of sp³-hybridized carbons (Fsp3) is 0.808. The van der Waals surface area contributed by atoms with Gasteiger partial charge in [0, 0.05) is 36.3 Å². The number of amides is 2. The Labute approximate surface area is 196 Å². The molecule has 1 aromatic heterocycles. The van der Waals surface area contributed by atoms with Crippen molar-refractivity contribution < 1.29 is 9.59 Å². The van der Waals surface area contributed by atoms with E-state index < -0.39 is 0 Å². The molecule has 1 saturated heterocycles. The number of likely N-dealkylation sites (tertiary alicyclic amines) is 1. The van der Waals surface area contributed by atoms with E-state index in [1.54, 1.807) is 11.3 Å². The van der Waals surface area contributed by atoms with Crippen molar-refractivity contribution in [2.75, 3.05) is 13.1 Å². The summed E-state index contributed by atoms with van der Waals surface area (Å²) in [6.45, 7) is 1.67. The van der Waals surface area contributed by atoms with Gasteiger partial charge in [0.15, 0.2) is 0 Å². The molecule has 1 aliphatic heterocycles. The second-order valence-corrected chi connectivity index (χ2v) is 11.8. The summed E-state index contributed by atoms with van der Waals surface area (Å²) in [5.41, 5.74) is 0.660. The van der Waals surface area contributed by atoms with Crippen LogP contribution in [0.3, 0.4) is 0 Å². The van der Waals surface area contributed by atoms with Crippen LogP contribution in [0.5, 0.6) is 0 Å². The molecular weight excluding hydrogens is 418 g/mol. The zero-order valence-electron chi connectivity index (χ0n) is 19.4. The number of rotatable bonds is 7. The number of hydrogen-bond acceptors (Lipinski definition) is 4. The number of nitrogens with zero attached hydrogens (tertiary/aromatic N) is 2. The largest absolute Gasteiger partial charge is 0.345 e. The van der Waals surface area contributed by atoms with Crippen molar-refractivity contribution >= 4 is 23.2 Å². The first-order valence-electron chi connectivity index (χ1n) is 13.2. The average molecular weight is 458 g/mol. The standard InChI is InChI=1S/C26H39N3O2S/c30-23(11-10-19-6-4-5-7-19)29-16-12-20(13-17-29)25-27-22(18-32-25)24(31)28-26(14-15-26)21-8-2-1-3-9-21/h18-21H,1-17H2,(H,28,31). The molecular formula is C26H39N3O2S. The van der Waals surface area contributed by atoms with E-state index in [2.05, 4.69) is 10.2 Å². The van der Waals surface area contributed by atoms with Gasteiger partial charge in [-0.3, -0.25) is 9.59 Å². The van der Waals surface area contributed by atoms with E-state index in [1.165, 1.54) is 57.8 Å². The molecule has 0 spiro atoms. The van der Waals surface area contributed by atoms with Crippen LogP contribution >= 0.6 is 11.3 Å². The topological polar surface area (TPSA) is 62.3 Å². The Balaban J connectivity index is 1.09. The van der Waals surface area contributed by atoms with E-state index in [-0.39, 0.29) is 11.4 Å². The molecule has 2 heterocycles. The molecule has 1 N–H and O–H groups in total. The van der Waals surface area contributed by atoms with Crippen LogP contribution in [-0.4, -0.2) is 40.3 Å². The van der Waals surface area contributed by atoms with Crippen LogP contribution in [0, 0.1) is 11.8 Å². The Hall–Kier alpha value is -1.43. The third kappa shape index (κ3) is 5.05. The summed E-state index contributed by atoms with van der Waals surface area (Å²) in [5.74, 6) is 2.19. The SMILES string of the molecule is O=C(NC1(C2CCCCC2)CC1)c1csc(C2CCN(C(=O)CCC3CCCC3)CC2)n1. The third-order valence-electron chi connectivity index (χ3n) is 8.73. The second kappa shape index (κ2) is 9.82. The van der Waals surface area contributed by atoms with Gasteiger partial charge in [0.1, 0.15) is 5.69 Å². The molecule has 32 heavy (non-hydrogen) atoms. The van der Waals surface area contributed by atoms with Gasteiger partial charge >= 0.3 is 0 Å². The molecule has 0 aromatic carbocycles. The first-order chi connectivity index (χ1) is 15.6. The minimum Gasteiger partial charge on any atom is -0.345 e. The van der Waals surface area contributed by atoms with Gasteiger partial charge in [-0.15, -0.1) is 11.3 Å². The van der Waals surface area contributed by atoms with Crippen molar-refractivity contribution in [1.82, 2.24) is 15.2 Å². The van der Waals surface area contributed by atoms with Crippen LogP contribution in [0.1, 0.15) is 118 Å². The molecule has 4 fully saturated rings. The minimum atomic E-state index is 0.0232. The Kier molecular flexibility index (Phi) is 6.87. The van der Waals surface area contributed by atoms with Gasteiger partial charge in [0.05, 0.1) is 5.01 Å². The summed E-state index contributed by atoms with van der Waals surface area (Å²) in [6, 6.07) is 0. The van der Waals surface area contributed by atoms with Crippen molar-refractivity contribution in [2.45, 2.75) is 108 Å². The fourth-order valence-electron chi connectivity index (χ4n) is 6.46. The molecule has 0 bridgehead atoms. The predicted octanol–water partition coefficient (Wildman–Crippen LogP) is 5.66. The van der Waals surface area contributed by atoms with Crippen LogP contribution in [0.15, 0.2) is 5.38 Å². The highest BCUT2D eigenvalue weighted by Crippen LogP contribution is 2.48. The molecule has 0 unspecified atom stereocenters. The molecule has 2 amide bonds. The van der Waals surface area contributed by atoms with Crippen LogP contribution in [0.25, 0.3) is 0 Å². The lowest BCUT2D eigenvalue weighted by Crippen LogP contribution is -2.43. The Morgan fingerprint density at radius 3 is 2.38 bits per heavy atom. The van der Waals surface area contributed by atoms with Crippen molar-refractivity contribution in [3.8, 4) is 0 Å². The zero-order chi connectivity index (χ0) is 22.0. The smallest absolute Gasteiger partial charge is 0.271 e. The van der Waals surface area contributed by atoms with Gasteiger partial charge in [-0.2, -0.15) is 0 Å². The summed E-state index contributed by atoms with van der Waals surface area (Å²) < 4.78 is 0. The lowest BCUT2D eigenvalue weighted by atomic mass is 9.82. The van der Waals surface area contributed by atoms with E-state index in [9.17, 15) is 9.59 Å². The van der Waals surface area contributed by atoms with Crippen molar-refractivity contribution in [3.63, 3.8) is 0 Å². The maximum absolute atomic E-state index is 12.9. The van der Waals surface area contributed by atoms with Gasteiger partial charge in [-0.05, 0) is 56.8 Å². The first kappa shape index (κ1) is 22.4. The number of carbonyl (C=O) groups is 2. The molecule has 5 rings (SSSR count). The molecule has 3 saturated carbocycles. The number of piperidine rings is 1. The quantitative estimate of drug-likeness (QED) is 0.574. The number of nitrogens with one attached hydrogen (secondary N) is 1. The molecule has 6 heteroatoms. The molecule has 4 aliphatic rings. The molecule has 176 valence electrons. The summed E-state index contributed by atoms with van der Waals surface area (Å²) in [6.07, 6.45) is 17.8. The lowest BCUT2D eigenvalue weighted by Gasteiger charge is -2.31. The fourth-order valence-corrected chi connectivity index (χ4v) is 7.43. The normalized spacial score (nSPS) is 24.6. The highest BCUT2D eigenvalue weighted by molar-refractivity contribution is 7.09. The van der Waals surface area contributed by atoms with Gasteiger partial charge < -0.3 is 10.2 Å².